The number of hydrogen-bond acceptors (Lipinski definition) is 2. The first kappa shape index (κ1) is 26.4. The van der Waals surface area contributed by atoms with Crippen LogP contribution >= 0.6 is 0 Å². The van der Waals surface area contributed by atoms with Crippen LogP contribution in [-0.4, -0.2) is 20.0 Å². The molecule has 0 fully saturated rings. The minimum atomic E-state index is 0.857. The molecule has 0 atom stereocenters. The number of unbranched alkanes of at least 4 members (excludes halogenated alkanes) is 1. The molecule has 1 radical (unpaired) electrons. The van der Waals surface area contributed by atoms with Gasteiger partial charge in [0.1, 0.15) is 7.28 Å². The number of nitrogens with zero attached hydrogens (tertiary/aromatic N) is 2. The van der Waals surface area contributed by atoms with Gasteiger partial charge in [-0.3, -0.25) is 4.99 Å². The highest BCUT2D eigenvalue weighted by Crippen LogP contribution is 2.32. The largest absolute Gasteiger partial charge is 0.341 e. The van der Waals surface area contributed by atoms with E-state index < -0.39 is 0 Å². The van der Waals surface area contributed by atoms with E-state index in [2.05, 4.69) is 82.2 Å². The fraction of sp³-hybridized carbons (Fsp3) is 0.367. The SMILES string of the molecule is C=C/C(=C\[B]C)C(=C)C=Nc1ccc(N(CCCC)c2cc(CC)cc(CCC)c2)cc1C. The third-order valence-electron chi connectivity index (χ3n) is 5.82. The van der Waals surface area contributed by atoms with E-state index in [0.29, 0.717) is 0 Å². The van der Waals surface area contributed by atoms with E-state index in [9.17, 15) is 0 Å². The predicted molar refractivity (Wildman–Crippen MR) is 150 cm³/mol. The lowest BCUT2D eigenvalue weighted by atomic mass is 9.79. The summed E-state index contributed by atoms with van der Waals surface area (Å²) in [5, 5.41) is 0. The van der Waals surface area contributed by atoms with E-state index in [4.69, 9.17) is 4.99 Å². The third-order valence-corrected chi connectivity index (χ3v) is 5.82. The molecule has 0 heterocycles. The van der Waals surface area contributed by atoms with E-state index in [-0.39, 0.29) is 0 Å². The van der Waals surface area contributed by atoms with Gasteiger partial charge in [-0.2, -0.15) is 0 Å². The summed E-state index contributed by atoms with van der Waals surface area (Å²) in [5.74, 6) is 2.00. The highest BCUT2D eigenvalue weighted by Gasteiger charge is 2.12. The molecule has 0 amide bonds. The van der Waals surface area contributed by atoms with E-state index in [1.165, 1.54) is 28.9 Å². The number of aryl methyl sites for hydroxylation is 3. The lowest BCUT2D eigenvalue weighted by molar-refractivity contribution is 0.784. The summed E-state index contributed by atoms with van der Waals surface area (Å²) in [6, 6.07) is 13.7. The number of rotatable bonds is 13. The first-order valence-corrected chi connectivity index (χ1v) is 12.3. The number of hydrogen-bond donors (Lipinski definition) is 0. The Morgan fingerprint density at radius 1 is 1.03 bits per heavy atom. The molecule has 2 rings (SSSR count). The lowest BCUT2D eigenvalue weighted by Gasteiger charge is -2.27. The first-order chi connectivity index (χ1) is 16.0. The normalized spacial score (nSPS) is 11.6. The third kappa shape index (κ3) is 7.63. The van der Waals surface area contributed by atoms with Crippen molar-refractivity contribution in [3.8, 4) is 0 Å². The van der Waals surface area contributed by atoms with Crippen molar-refractivity contribution in [2.75, 3.05) is 11.4 Å². The van der Waals surface area contributed by atoms with Gasteiger partial charge in [0, 0.05) is 24.1 Å². The Hall–Kier alpha value is -2.81. The van der Waals surface area contributed by atoms with Crippen molar-refractivity contribution in [1.29, 1.82) is 0 Å². The zero-order valence-corrected chi connectivity index (χ0v) is 21.3. The fourth-order valence-electron chi connectivity index (χ4n) is 3.92. The van der Waals surface area contributed by atoms with Crippen LogP contribution < -0.4 is 4.90 Å². The Morgan fingerprint density at radius 2 is 1.79 bits per heavy atom. The second kappa shape index (κ2) is 13.7. The van der Waals surface area contributed by atoms with Gasteiger partial charge in [-0.25, -0.2) is 0 Å². The quantitative estimate of drug-likeness (QED) is 0.173. The first-order valence-electron chi connectivity index (χ1n) is 12.3. The molecule has 2 aromatic rings. The molecule has 0 saturated carbocycles. The van der Waals surface area contributed by atoms with Crippen LogP contribution in [-0.2, 0) is 12.8 Å². The molecule has 33 heavy (non-hydrogen) atoms. The zero-order chi connectivity index (χ0) is 24.2. The minimum absolute atomic E-state index is 0.857. The molecular weight excluding hydrogens is 399 g/mol. The van der Waals surface area contributed by atoms with Gasteiger partial charge < -0.3 is 4.90 Å². The Morgan fingerprint density at radius 3 is 2.39 bits per heavy atom. The molecule has 3 heteroatoms. The summed E-state index contributed by atoms with van der Waals surface area (Å²) in [7, 11) is 1.99. The molecule has 2 nitrogen and oxygen atoms in total. The molecule has 0 spiro atoms. The maximum Gasteiger partial charge on any atom is 0.138 e. The summed E-state index contributed by atoms with van der Waals surface area (Å²) in [6.45, 7) is 19.9. The van der Waals surface area contributed by atoms with Crippen molar-refractivity contribution in [1.82, 2.24) is 0 Å². The second-order valence-corrected chi connectivity index (χ2v) is 8.53. The van der Waals surface area contributed by atoms with Crippen LogP contribution in [0.25, 0.3) is 0 Å². The van der Waals surface area contributed by atoms with Crippen LogP contribution in [0.5, 0.6) is 0 Å². The molecule has 173 valence electrons. The van der Waals surface area contributed by atoms with E-state index in [1.807, 2.05) is 32.4 Å². The van der Waals surface area contributed by atoms with Crippen LogP contribution in [0.1, 0.15) is 56.7 Å². The summed E-state index contributed by atoms with van der Waals surface area (Å²) in [5.41, 5.74) is 9.33. The summed E-state index contributed by atoms with van der Waals surface area (Å²) in [6.07, 6.45) is 9.31. The molecule has 0 bridgehead atoms. The van der Waals surface area contributed by atoms with Gasteiger partial charge in [0.2, 0.25) is 0 Å². The Balaban J connectivity index is 2.39. The van der Waals surface area contributed by atoms with Gasteiger partial charge in [0.15, 0.2) is 0 Å². The fourth-order valence-corrected chi connectivity index (χ4v) is 3.92. The Labute approximate surface area is 203 Å². The summed E-state index contributed by atoms with van der Waals surface area (Å²) >= 11 is 0. The smallest absolute Gasteiger partial charge is 0.138 e. The van der Waals surface area contributed by atoms with Gasteiger partial charge in [0.25, 0.3) is 0 Å². The molecule has 0 saturated heterocycles. The maximum absolute atomic E-state index is 4.71. The lowest BCUT2D eigenvalue weighted by Crippen LogP contribution is -2.19. The standard InChI is InChI=1S/C30H40BN2/c1-8-12-16-33(29-19-25(10-3)18-26(20-29)13-9-2)28-14-15-30(23(5)17-28)32-22-24(6)27(11-4)21-31-7/h11,14-15,17-22H,4,6,8-10,12-13,16H2,1-3,5,7H3/b27-21+,32-22?. The molecule has 0 aromatic heterocycles. The second-order valence-electron chi connectivity index (χ2n) is 8.53. The van der Waals surface area contributed by atoms with Gasteiger partial charge in [0.05, 0.1) is 5.69 Å². The molecule has 0 N–H and O–H groups in total. The number of benzene rings is 2. The topological polar surface area (TPSA) is 15.6 Å². The maximum atomic E-state index is 4.71. The minimum Gasteiger partial charge on any atom is -0.341 e. The van der Waals surface area contributed by atoms with Gasteiger partial charge >= 0.3 is 0 Å². The van der Waals surface area contributed by atoms with Crippen molar-refractivity contribution in [3.05, 3.63) is 89.4 Å². The van der Waals surface area contributed by atoms with Crippen molar-refractivity contribution < 1.29 is 0 Å². The number of anilines is 2. The van der Waals surface area contributed by atoms with Gasteiger partial charge in [-0.1, -0.05) is 65.7 Å². The van der Waals surface area contributed by atoms with Crippen molar-refractivity contribution in [2.24, 2.45) is 4.99 Å². The number of allylic oxidation sites excluding steroid dienone is 3. The van der Waals surface area contributed by atoms with Crippen molar-refractivity contribution in [3.63, 3.8) is 0 Å². The molecular formula is C30H40BN2. The van der Waals surface area contributed by atoms with E-state index >= 15 is 0 Å². The highest BCUT2D eigenvalue weighted by molar-refractivity contribution is 6.40. The van der Waals surface area contributed by atoms with Gasteiger partial charge in [-0.05, 0) is 84.4 Å². The van der Waals surface area contributed by atoms with Crippen LogP contribution in [0.15, 0.2) is 77.7 Å². The number of aliphatic imine (C=N–C) groups is 1. The summed E-state index contributed by atoms with van der Waals surface area (Å²) in [4.78, 5) is 7.18. The monoisotopic (exact) mass is 439 g/mol. The Kier molecular flexibility index (Phi) is 11.0. The zero-order valence-electron chi connectivity index (χ0n) is 21.3. The van der Waals surface area contributed by atoms with Crippen LogP contribution in [0, 0.1) is 6.92 Å². The van der Waals surface area contributed by atoms with Gasteiger partial charge in [-0.15, -0.1) is 5.98 Å². The Bertz CT molecular complexity index is 1000. The van der Waals surface area contributed by atoms with E-state index in [1.54, 1.807) is 0 Å². The highest BCUT2D eigenvalue weighted by atomic mass is 15.1. The molecule has 2 aromatic carbocycles. The van der Waals surface area contributed by atoms with Crippen LogP contribution in [0.2, 0.25) is 6.82 Å². The van der Waals surface area contributed by atoms with Crippen LogP contribution in [0.3, 0.4) is 0 Å². The average Bonchev–Trinajstić information content (AvgIpc) is 2.82. The molecule has 0 unspecified atom stereocenters. The van der Waals surface area contributed by atoms with E-state index in [0.717, 1.165) is 54.6 Å². The van der Waals surface area contributed by atoms with Crippen molar-refractivity contribution >= 4 is 30.6 Å². The van der Waals surface area contributed by atoms with Crippen molar-refractivity contribution in [2.45, 2.75) is 66.6 Å². The molecule has 0 aliphatic rings. The average molecular weight is 439 g/mol. The summed E-state index contributed by atoms with van der Waals surface area (Å²) < 4.78 is 0. The molecule has 0 aliphatic carbocycles. The predicted octanol–water partition coefficient (Wildman–Crippen LogP) is 8.53. The van der Waals surface area contributed by atoms with Crippen LogP contribution in [0.4, 0.5) is 17.1 Å². The molecule has 0 aliphatic heterocycles.